The molecule has 3 fully saturated rings. The van der Waals surface area contributed by atoms with Crippen molar-refractivity contribution < 1.29 is 17.7 Å². The molecule has 0 N–H and O–H groups in total. The van der Waals surface area contributed by atoms with Gasteiger partial charge >= 0.3 is 6.18 Å². The molecule has 3 aliphatic rings. The number of alkyl halides is 3. The number of hydrogen-bond donors (Lipinski definition) is 0. The summed E-state index contributed by atoms with van der Waals surface area (Å²) in [6.45, 7) is 3.86. The van der Waals surface area contributed by atoms with Gasteiger partial charge in [-0.15, -0.1) is 0 Å². The fraction of sp³-hybridized carbons (Fsp3) is 0.533. The Morgan fingerprint density at radius 1 is 1.21 bits per heavy atom. The first-order valence-electron chi connectivity index (χ1n) is 7.72. The summed E-state index contributed by atoms with van der Waals surface area (Å²) in [7, 11) is 0. The molecule has 2 aromatic heterocycles. The summed E-state index contributed by atoms with van der Waals surface area (Å²) in [6, 6.07) is 3.51. The molecule has 9 heteroatoms. The molecule has 0 radical (unpaired) electrons. The summed E-state index contributed by atoms with van der Waals surface area (Å²) < 4.78 is 43.6. The van der Waals surface area contributed by atoms with E-state index in [0.29, 0.717) is 37.5 Å². The fourth-order valence-electron chi connectivity index (χ4n) is 3.48. The molecule has 5 rings (SSSR count). The van der Waals surface area contributed by atoms with Crippen molar-refractivity contribution in [2.75, 3.05) is 18.0 Å². The summed E-state index contributed by atoms with van der Waals surface area (Å²) >= 11 is 0. The lowest BCUT2D eigenvalue weighted by atomic mass is 9.87. The molecule has 24 heavy (non-hydrogen) atoms. The standard InChI is InChI=1S/C15H16F3N5O/c1-9-2-12(24-21-9)7-23-10-3-11(23)6-22(5-10)14-4-13(15(16,17)18)19-8-20-14/h2,4,8,10-11H,3,5-7H2,1H3. The molecule has 0 spiro atoms. The first-order valence-corrected chi connectivity index (χ1v) is 7.72. The Balaban J connectivity index is 1.45. The zero-order chi connectivity index (χ0) is 16.9. The highest BCUT2D eigenvalue weighted by Gasteiger charge is 2.45. The van der Waals surface area contributed by atoms with Crippen molar-refractivity contribution in [1.29, 1.82) is 0 Å². The predicted octanol–water partition coefficient (Wildman–Crippen LogP) is 2.25. The van der Waals surface area contributed by atoms with Gasteiger partial charge in [0.05, 0.1) is 12.2 Å². The van der Waals surface area contributed by atoms with Crippen LogP contribution in [0.15, 0.2) is 23.0 Å². The Labute approximate surface area is 136 Å². The Kier molecular flexibility index (Phi) is 3.48. The number of piperazine rings is 1. The molecule has 0 aliphatic carbocycles. The molecule has 2 unspecified atom stereocenters. The molecule has 6 nitrogen and oxygen atoms in total. The summed E-state index contributed by atoms with van der Waals surface area (Å²) in [5.41, 5.74) is -0.0567. The van der Waals surface area contributed by atoms with Crippen LogP contribution in [0.3, 0.4) is 0 Å². The van der Waals surface area contributed by atoms with Gasteiger partial charge in [-0.1, -0.05) is 5.16 Å². The Bertz CT molecular complexity index is 735. The molecule has 2 atom stereocenters. The van der Waals surface area contributed by atoms with E-state index in [1.807, 2.05) is 17.9 Å². The first kappa shape index (κ1) is 15.4. The van der Waals surface area contributed by atoms with Gasteiger partial charge in [-0.05, 0) is 13.3 Å². The summed E-state index contributed by atoms with van der Waals surface area (Å²) in [6.07, 6.45) is -2.43. The molecule has 3 saturated heterocycles. The van der Waals surface area contributed by atoms with Crippen LogP contribution in [0.25, 0.3) is 0 Å². The smallest absolute Gasteiger partial charge is 0.360 e. The normalized spacial score (nSPS) is 24.1. The van der Waals surface area contributed by atoms with E-state index in [0.717, 1.165) is 30.3 Å². The number of rotatable bonds is 3. The maximum Gasteiger partial charge on any atom is 0.433 e. The van der Waals surface area contributed by atoms with E-state index < -0.39 is 11.9 Å². The number of hydrogen-bond acceptors (Lipinski definition) is 6. The van der Waals surface area contributed by atoms with Gasteiger partial charge in [-0.25, -0.2) is 9.97 Å². The van der Waals surface area contributed by atoms with Crippen LogP contribution in [0.1, 0.15) is 23.6 Å². The largest absolute Gasteiger partial charge is 0.433 e. The molecular formula is C15H16F3N5O. The summed E-state index contributed by atoms with van der Waals surface area (Å²) in [5.74, 6) is 1.15. The molecule has 128 valence electrons. The van der Waals surface area contributed by atoms with Crippen molar-refractivity contribution in [3.8, 4) is 0 Å². The highest BCUT2D eigenvalue weighted by atomic mass is 19.4. The lowest BCUT2D eigenvalue weighted by molar-refractivity contribution is -0.141. The van der Waals surface area contributed by atoms with Crippen molar-refractivity contribution in [1.82, 2.24) is 20.0 Å². The fourth-order valence-corrected chi connectivity index (χ4v) is 3.48. The second kappa shape index (κ2) is 5.44. The monoisotopic (exact) mass is 339 g/mol. The predicted molar refractivity (Wildman–Crippen MR) is 78.2 cm³/mol. The van der Waals surface area contributed by atoms with Crippen LogP contribution in [0.4, 0.5) is 19.0 Å². The third-order valence-corrected chi connectivity index (χ3v) is 4.63. The van der Waals surface area contributed by atoms with Gasteiger partial charge in [0.2, 0.25) is 0 Å². The minimum Gasteiger partial charge on any atom is -0.360 e. The molecular weight excluding hydrogens is 323 g/mol. The molecule has 2 aromatic rings. The van der Waals surface area contributed by atoms with Crippen molar-refractivity contribution in [2.24, 2.45) is 0 Å². The Hall–Kier alpha value is -2.16. The quantitative estimate of drug-likeness (QED) is 0.855. The van der Waals surface area contributed by atoms with Crippen LogP contribution in [0.2, 0.25) is 0 Å². The number of aromatic nitrogens is 3. The maximum atomic E-state index is 12.8. The average Bonchev–Trinajstić information content (AvgIpc) is 2.97. The van der Waals surface area contributed by atoms with Gasteiger partial charge in [-0.2, -0.15) is 13.2 Å². The van der Waals surface area contributed by atoms with Crippen LogP contribution in [-0.4, -0.2) is 45.2 Å². The molecule has 3 aliphatic heterocycles. The molecule has 5 heterocycles. The molecule has 0 aromatic carbocycles. The lowest BCUT2D eigenvalue weighted by Gasteiger charge is -2.56. The van der Waals surface area contributed by atoms with Gasteiger partial charge in [0, 0.05) is 37.3 Å². The molecule has 0 amide bonds. The lowest BCUT2D eigenvalue weighted by Crippen LogP contribution is -2.68. The second-order valence-corrected chi connectivity index (χ2v) is 6.31. The van der Waals surface area contributed by atoms with Crippen molar-refractivity contribution in [2.45, 2.75) is 38.1 Å². The number of fused-ring (bicyclic) bond motifs is 2. The number of aryl methyl sites for hydroxylation is 1. The topological polar surface area (TPSA) is 58.3 Å². The minimum atomic E-state index is -4.45. The van der Waals surface area contributed by atoms with Gasteiger partial charge in [0.15, 0.2) is 5.76 Å². The Morgan fingerprint density at radius 3 is 2.58 bits per heavy atom. The second-order valence-electron chi connectivity index (χ2n) is 6.31. The highest BCUT2D eigenvalue weighted by molar-refractivity contribution is 5.42. The van der Waals surface area contributed by atoms with E-state index in [2.05, 4.69) is 20.0 Å². The summed E-state index contributed by atoms with van der Waals surface area (Å²) in [4.78, 5) is 11.5. The number of nitrogens with zero attached hydrogens (tertiary/aromatic N) is 5. The first-order chi connectivity index (χ1) is 11.4. The number of halogens is 3. The Morgan fingerprint density at radius 2 is 1.96 bits per heavy atom. The third kappa shape index (κ3) is 2.72. The third-order valence-electron chi connectivity index (χ3n) is 4.63. The maximum absolute atomic E-state index is 12.8. The van der Waals surface area contributed by atoms with Crippen LogP contribution in [-0.2, 0) is 12.7 Å². The van der Waals surface area contributed by atoms with Crippen LogP contribution in [0, 0.1) is 6.92 Å². The highest BCUT2D eigenvalue weighted by Crippen LogP contribution is 2.36. The number of piperidine rings is 1. The average molecular weight is 339 g/mol. The van der Waals surface area contributed by atoms with Crippen LogP contribution in [0.5, 0.6) is 0 Å². The van der Waals surface area contributed by atoms with Crippen molar-refractivity contribution in [3.63, 3.8) is 0 Å². The van der Waals surface area contributed by atoms with E-state index in [-0.39, 0.29) is 0 Å². The van der Waals surface area contributed by atoms with E-state index in [4.69, 9.17) is 4.52 Å². The van der Waals surface area contributed by atoms with Crippen LogP contribution >= 0.6 is 0 Å². The van der Waals surface area contributed by atoms with Gasteiger partial charge in [0.1, 0.15) is 17.8 Å². The zero-order valence-corrected chi connectivity index (χ0v) is 13.0. The SMILES string of the molecule is Cc1cc(CN2C3CC2CN(c2cc(C(F)(F)F)ncn2)C3)on1. The molecule has 2 bridgehead atoms. The van der Waals surface area contributed by atoms with E-state index >= 15 is 0 Å². The van der Waals surface area contributed by atoms with Gasteiger partial charge < -0.3 is 9.42 Å². The minimum absolute atomic E-state index is 0.290. The number of anilines is 1. The molecule has 0 saturated carbocycles. The van der Waals surface area contributed by atoms with Gasteiger partial charge in [-0.3, -0.25) is 4.90 Å². The van der Waals surface area contributed by atoms with E-state index in [9.17, 15) is 13.2 Å². The van der Waals surface area contributed by atoms with E-state index in [1.54, 1.807) is 0 Å². The van der Waals surface area contributed by atoms with Crippen molar-refractivity contribution in [3.05, 3.63) is 35.6 Å². The summed E-state index contributed by atoms with van der Waals surface area (Å²) in [5, 5.41) is 3.88. The van der Waals surface area contributed by atoms with Crippen LogP contribution < -0.4 is 4.90 Å². The van der Waals surface area contributed by atoms with Gasteiger partial charge in [0.25, 0.3) is 0 Å². The zero-order valence-electron chi connectivity index (χ0n) is 13.0. The van der Waals surface area contributed by atoms with Crippen molar-refractivity contribution >= 4 is 5.82 Å². The van der Waals surface area contributed by atoms with E-state index in [1.165, 1.54) is 0 Å².